The Balaban J connectivity index is 1.63. The van der Waals surface area contributed by atoms with Crippen molar-refractivity contribution in [1.29, 1.82) is 0 Å². The smallest absolute Gasteiger partial charge is 0.252 e. The molecule has 11 heteroatoms. The third kappa shape index (κ3) is 4.71. The molecule has 32 heavy (non-hydrogen) atoms. The van der Waals surface area contributed by atoms with E-state index in [-0.39, 0.29) is 35.1 Å². The van der Waals surface area contributed by atoms with Gasteiger partial charge in [-0.05, 0) is 35.9 Å². The van der Waals surface area contributed by atoms with Crippen molar-refractivity contribution in [3.63, 3.8) is 0 Å². The number of carbonyl (C=O) groups is 1. The van der Waals surface area contributed by atoms with Gasteiger partial charge >= 0.3 is 0 Å². The third-order valence-electron chi connectivity index (χ3n) is 5.27. The van der Waals surface area contributed by atoms with Gasteiger partial charge in [0, 0.05) is 10.9 Å². The number of amidine groups is 1. The summed E-state index contributed by atoms with van der Waals surface area (Å²) in [5, 5.41) is 0.983. The highest BCUT2D eigenvalue weighted by molar-refractivity contribution is 8.16. The lowest BCUT2D eigenvalue weighted by atomic mass is 10.1. The SMILES string of the molecule is COc1ccc(CC(=O)N=C2S[C@H]3CS(=O)(=O)C[C@H]3N2c2ccc(Cl)c(Cl)c2)cc1OC. The van der Waals surface area contributed by atoms with Crippen molar-refractivity contribution in [3.05, 3.63) is 52.0 Å². The summed E-state index contributed by atoms with van der Waals surface area (Å²) < 4.78 is 34.9. The molecule has 2 aliphatic heterocycles. The first-order chi connectivity index (χ1) is 15.2. The van der Waals surface area contributed by atoms with Gasteiger partial charge in [-0.15, -0.1) is 0 Å². The Hall–Kier alpha value is -1.94. The fourth-order valence-corrected chi connectivity index (χ4v) is 8.04. The molecule has 2 aromatic rings. The van der Waals surface area contributed by atoms with Gasteiger partial charge in [0.1, 0.15) is 0 Å². The molecule has 0 radical (unpaired) electrons. The van der Waals surface area contributed by atoms with E-state index in [1.165, 1.54) is 18.9 Å². The van der Waals surface area contributed by atoms with Crippen molar-refractivity contribution in [1.82, 2.24) is 0 Å². The highest BCUT2D eigenvalue weighted by Crippen LogP contribution is 2.42. The Bertz CT molecular complexity index is 1200. The van der Waals surface area contributed by atoms with Crippen molar-refractivity contribution in [3.8, 4) is 11.5 Å². The molecule has 170 valence electrons. The number of ether oxygens (including phenoxy) is 2. The highest BCUT2D eigenvalue weighted by Gasteiger charge is 2.49. The molecular weight excluding hydrogens is 495 g/mol. The molecule has 0 spiro atoms. The third-order valence-corrected chi connectivity index (χ3v) is 9.22. The van der Waals surface area contributed by atoms with E-state index in [1.807, 2.05) is 0 Å². The fourth-order valence-electron chi connectivity index (χ4n) is 3.81. The number of nitrogens with zero attached hydrogens (tertiary/aromatic N) is 2. The Morgan fingerprint density at radius 2 is 1.84 bits per heavy atom. The second kappa shape index (κ2) is 9.13. The number of anilines is 1. The number of rotatable bonds is 5. The summed E-state index contributed by atoms with van der Waals surface area (Å²) in [4.78, 5) is 18.9. The van der Waals surface area contributed by atoms with Gasteiger partial charge in [-0.1, -0.05) is 41.0 Å². The normalized spacial score (nSPS) is 22.8. The molecule has 0 aliphatic carbocycles. The van der Waals surface area contributed by atoms with Gasteiger partial charge in [0.15, 0.2) is 26.5 Å². The molecule has 0 unspecified atom stereocenters. The van der Waals surface area contributed by atoms with Crippen LogP contribution in [0.25, 0.3) is 0 Å². The first-order valence-corrected chi connectivity index (χ1v) is 13.1. The van der Waals surface area contributed by atoms with Crippen LogP contribution in [0.3, 0.4) is 0 Å². The topological polar surface area (TPSA) is 85.3 Å². The molecule has 1 amide bonds. The molecule has 2 saturated heterocycles. The number of carbonyl (C=O) groups excluding carboxylic acids is 1. The van der Waals surface area contributed by atoms with Gasteiger partial charge < -0.3 is 14.4 Å². The maximum Gasteiger partial charge on any atom is 0.252 e. The van der Waals surface area contributed by atoms with Crippen LogP contribution in [0.5, 0.6) is 11.5 Å². The van der Waals surface area contributed by atoms with Crippen LogP contribution < -0.4 is 14.4 Å². The minimum atomic E-state index is -3.17. The molecule has 0 saturated carbocycles. The minimum absolute atomic E-state index is 0.00615. The van der Waals surface area contributed by atoms with Crippen molar-refractivity contribution >= 4 is 61.6 Å². The van der Waals surface area contributed by atoms with E-state index in [2.05, 4.69) is 4.99 Å². The Labute approximate surface area is 200 Å². The number of benzene rings is 2. The van der Waals surface area contributed by atoms with Crippen LogP contribution in [0.1, 0.15) is 5.56 Å². The molecular formula is C21H20Cl2N2O5S2. The summed E-state index contributed by atoms with van der Waals surface area (Å²) in [5.74, 6) is 0.781. The monoisotopic (exact) mass is 514 g/mol. The summed E-state index contributed by atoms with van der Waals surface area (Å²) >= 11 is 13.5. The number of fused-ring (bicyclic) bond motifs is 1. The first kappa shape index (κ1) is 23.2. The molecule has 4 rings (SSSR count). The van der Waals surface area contributed by atoms with Gasteiger partial charge in [0.25, 0.3) is 5.91 Å². The van der Waals surface area contributed by atoms with Crippen molar-refractivity contribution in [2.45, 2.75) is 17.7 Å². The Morgan fingerprint density at radius 1 is 1.09 bits per heavy atom. The lowest BCUT2D eigenvalue weighted by molar-refractivity contribution is -0.117. The molecule has 2 heterocycles. The van der Waals surface area contributed by atoms with E-state index in [9.17, 15) is 13.2 Å². The predicted molar refractivity (Wildman–Crippen MR) is 128 cm³/mol. The number of sulfone groups is 1. The van der Waals surface area contributed by atoms with Crippen molar-refractivity contribution in [2.24, 2.45) is 4.99 Å². The number of aliphatic imine (C=N–C) groups is 1. The van der Waals surface area contributed by atoms with E-state index >= 15 is 0 Å². The van der Waals surface area contributed by atoms with Crippen LogP contribution in [0.4, 0.5) is 5.69 Å². The minimum Gasteiger partial charge on any atom is -0.493 e. The Kier molecular flexibility index (Phi) is 6.63. The van der Waals surface area contributed by atoms with E-state index < -0.39 is 9.84 Å². The average molecular weight is 515 g/mol. The number of hydrogen-bond donors (Lipinski definition) is 0. The Morgan fingerprint density at radius 3 is 2.53 bits per heavy atom. The van der Waals surface area contributed by atoms with Gasteiger partial charge in [-0.25, -0.2) is 8.42 Å². The summed E-state index contributed by atoms with van der Waals surface area (Å²) in [5.41, 5.74) is 1.37. The van der Waals surface area contributed by atoms with E-state index in [4.69, 9.17) is 32.7 Å². The lowest BCUT2D eigenvalue weighted by Crippen LogP contribution is -2.37. The van der Waals surface area contributed by atoms with Gasteiger partial charge in [0.05, 0.1) is 48.2 Å². The average Bonchev–Trinajstić information content (AvgIpc) is 3.20. The zero-order chi connectivity index (χ0) is 23.0. The van der Waals surface area contributed by atoms with Crippen LogP contribution in [-0.4, -0.2) is 56.5 Å². The maximum atomic E-state index is 12.8. The molecule has 2 atom stereocenters. The molecule has 0 N–H and O–H groups in total. The lowest BCUT2D eigenvalue weighted by Gasteiger charge is -2.24. The number of hydrogen-bond acceptors (Lipinski definition) is 6. The summed E-state index contributed by atoms with van der Waals surface area (Å²) in [6, 6.07) is 9.97. The van der Waals surface area contributed by atoms with E-state index in [1.54, 1.807) is 48.4 Å². The molecule has 2 aromatic carbocycles. The zero-order valence-corrected chi connectivity index (χ0v) is 20.4. The number of methoxy groups -OCH3 is 2. The van der Waals surface area contributed by atoms with Gasteiger partial charge in [0.2, 0.25) is 0 Å². The number of amides is 1. The molecule has 7 nitrogen and oxygen atoms in total. The van der Waals surface area contributed by atoms with Crippen LogP contribution in [0.15, 0.2) is 41.4 Å². The number of halogens is 2. The standard InChI is InChI=1S/C21H20Cl2N2O5S2/c1-29-17-6-3-12(7-18(17)30-2)8-20(26)24-21-25(13-4-5-14(22)15(23)9-13)16-10-32(27,28)11-19(16)31-21/h3-7,9,16,19H,8,10-11H2,1-2H3/t16-,19+/m1/s1. The van der Waals surface area contributed by atoms with Gasteiger partial charge in [-0.2, -0.15) is 4.99 Å². The quantitative estimate of drug-likeness (QED) is 0.598. The second-order valence-corrected chi connectivity index (χ2v) is 11.6. The van der Waals surface area contributed by atoms with Crippen molar-refractivity contribution < 1.29 is 22.7 Å². The van der Waals surface area contributed by atoms with E-state index in [0.29, 0.717) is 32.4 Å². The maximum absolute atomic E-state index is 12.8. The van der Waals surface area contributed by atoms with Crippen LogP contribution in [0.2, 0.25) is 10.0 Å². The molecule has 2 fully saturated rings. The molecule has 0 aromatic heterocycles. The van der Waals surface area contributed by atoms with Crippen LogP contribution in [-0.2, 0) is 21.1 Å². The predicted octanol–water partition coefficient (Wildman–Crippen LogP) is 3.85. The van der Waals surface area contributed by atoms with Crippen LogP contribution in [0, 0.1) is 0 Å². The second-order valence-electron chi connectivity index (χ2n) is 7.42. The van der Waals surface area contributed by atoms with Gasteiger partial charge in [-0.3, -0.25) is 4.79 Å². The number of thioether (sulfide) groups is 1. The largest absolute Gasteiger partial charge is 0.493 e. The zero-order valence-electron chi connectivity index (χ0n) is 17.2. The highest BCUT2D eigenvalue weighted by atomic mass is 35.5. The molecule has 2 aliphatic rings. The summed E-state index contributed by atoms with van der Waals surface area (Å²) in [7, 11) is -0.0959. The summed E-state index contributed by atoms with van der Waals surface area (Å²) in [6.45, 7) is 0. The summed E-state index contributed by atoms with van der Waals surface area (Å²) in [6.07, 6.45) is 0.0628. The van der Waals surface area contributed by atoms with Crippen LogP contribution >= 0.6 is 35.0 Å². The van der Waals surface area contributed by atoms with Crippen molar-refractivity contribution in [2.75, 3.05) is 30.6 Å². The molecule has 0 bridgehead atoms. The first-order valence-electron chi connectivity index (χ1n) is 9.64. The van der Waals surface area contributed by atoms with E-state index in [0.717, 1.165) is 5.56 Å². The fraction of sp³-hybridized carbons (Fsp3) is 0.333.